The van der Waals surface area contributed by atoms with Gasteiger partial charge in [0, 0.05) is 18.3 Å². The summed E-state index contributed by atoms with van der Waals surface area (Å²) < 4.78 is 5.14. The maximum absolute atomic E-state index is 9.78. The first kappa shape index (κ1) is 11.0. The quantitative estimate of drug-likeness (QED) is 0.823. The smallest absolute Gasteiger partial charge is 0.133 e. The highest BCUT2D eigenvalue weighted by molar-refractivity contribution is 7.99. The summed E-state index contributed by atoms with van der Waals surface area (Å²) in [4.78, 5) is 0. The number of furan rings is 1. The van der Waals surface area contributed by atoms with Crippen molar-refractivity contribution in [2.45, 2.75) is 25.0 Å². The van der Waals surface area contributed by atoms with Crippen LogP contribution < -0.4 is 5.32 Å². The molecule has 1 aromatic rings. The lowest BCUT2D eigenvalue weighted by Gasteiger charge is -2.23. The van der Waals surface area contributed by atoms with Crippen LogP contribution in [0, 0.1) is 0 Å². The molecule has 2 heterocycles. The Hall–Kier alpha value is -0.450. The Morgan fingerprint density at radius 1 is 1.67 bits per heavy atom. The van der Waals surface area contributed by atoms with Crippen LogP contribution in [0.5, 0.6) is 0 Å². The molecule has 0 amide bonds. The number of rotatable bonds is 4. The van der Waals surface area contributed by atoms with E-state index in [1.807, 2.05) is 17.8 Å². The average Bonchev–Trinajstić information content (AvgIpc) is 2.81. The van der Waals surface area contributed by atoms with E-state index >= 15 is 0 Å². The number of hydrogen-bond donors (Lipinski definition) is 2. The number of nitrogens with one attached hydrogen (secondary N) is 1. The van der Waals surface area contributed by atoms with E-state index in [0.717, 1.165) is 5.75 Å². The van der Waals surface area contributed by atoms with Gasteiger partial charge in [0.15, 0.2) is 0 Å². The standard InChI is InChI=1S/C11H17NO2S/c13-10(11-4-1-5-14-11)7-12-9-3-2-6-15-8-9/h1,4-5,9-10,12-13H,2-3,6-8H2/t9-,10-/m1/s1. The summed E-state index contributed by atoms with van der Waals surface area (Å²) >= 11 is 1.98. The van der Waals surface area contributed by atoms with Gasteiger partial charge in [-0.1, -0.05) is 0 Å². The summed E-state index contributed by atoms with van der Waals surface area (Å²) in [5.41, 5.74) is 0. The van der Waals surface area contributed by atoms with E-state index in [1.54, 1.807) is 12.3 Å². The van der Waals surface area contributed by atoms with Gasteiger partial charge in [-0.15, -0.1) is 0 Å². The van der Waals surface area contributed by atoms with Crippen LogP contribution in [0.4, 0.5) is 0 Å². The number of hydrogen-bond acceptors (Lipinski definition) is 4. The summed E-state index contributed by atoms with van der Waals surface area (Å²) in [6, 6.07) is 4.16. The molecule has 3 nitrogen and oxygen atoms in total. The highest BCUT2D eigenvalue weighted by Gasteiger charge is 2.16. The second-order valence-corrected chi connectivity index (χ2v) is 5.00. The fraction of sp³-hybridized carbons (Fsp3) is 0.636. The summed E-state index contributed by atoms with van der Waals surface area (Å²) in [6.07, 6.45) is 3.57. The van der Waals surface area contributed by atoms with Crippen molar-refractivity contribution in [1.82, 2.24) is 5.32 Å². The molecule has 0 aromatic carbocycles. The Morgan fingerprint density at radius 2 is 2.60 bits per heavy atom. The molecule has 1 saturated heterocycles. The van der Waals surface area contributed by atoms with Crippen molar-refractivity contribution < 1.29 is 9.52 Å². The van der Waals surface area contributed by atoms with Gasteiger partial charge in [-0.25, -0.2) is 0 Å². The summed E-state index contributed by atoms with van der Waals surface area (Å²) in [6.45, 7) is 0.582. The zero-order valence-corrected chi connectivity index (χ0v) is 9.50. The lowest BCUT2D eigenvalue weighted by molar-refractivity contribution is 0.143. The van der Waals surface area contributed by atoms with Crippen LogP contribution in [-0.2, 0) is 0 Å². The Kier molecular flexibility index (Phi) is 4.11. The van der Waals surface area contributed by atoms with Gasteiger partial charge in [0.1, 0.15) is 11.9 Å². The first-order valence-electron chi connectivity index (χ1n) is 5.39. The fourth-order valence-electron chi connectivity index (χ4n) is 1.76. The predicted molar refractivity (Wildman–Crippen MR) is 62.0 cm³/mol. The summed E-state index contributed by atoms with van der Waals surface area (Å²) in [7, 11) is 0. The van der Waals surface area contributed by atoms with Crippen molar-refractivity contribution >= 4 is 11.8 Å². The van der Waals surface area contributed by atoms with Crippen LogP contribution in [0.15, 0.2) is 22.8 Å². The number of thioether (sulfide) groups is 1. The zero-order valence-electron chi connectivity index (χ0n) is 8.69. The van der Waals surface area contributed by atoms with Crippen LogP contribution in [0.3, 0.4) is 0 Å². The number of aliphatic hydroxyl groups is 1. The molecule has 2 rings (SSSR count). The SMILES string of the molecule is O[C@H](CN[C@@H]1CCCSC1)c1ccco1. The van der Waals surface area contributed by atoms with Crippen LogP contribution >= 0.6 is 11.8 Å². The second kappa shape index (κ2) is 5.58. The molecule has 0 unspecified atom stereocenters. The fourth-order valence-corrected chi connectivity index (χ4v) is 2.87. The summed E-state index contributed by atoms with van der Waals surface area (Å²) in [5, 5.41) is 13.2. The van der Waals surface area contributed by atoms with Crippen LogP contribution in [-0.4, -0.2) is 29.2 Å². The van der Waals surface area contributed by atoms with Gasteiger partial charge in [0.2, 0.25) is 0 Å². The van der Waals surface area contributed by atoms with Crippen molar-refractivity contribution in [3.8, 4) is 0 Å². The molecular weight excluding hydrogens is 210 g/mol. The maximum atomic E-state index is 9.78. The van der Waals surface area contributed by atoms with Crippen molar-refractivity contribution in [1.29, 1.82) is 0 Å². The third kappa shape index (κ3) is 3.26. The molecular formula is C11H17NO2S. The lowest BCUT2D eigenvalue weighted by atomic mass is 10.1. The minimum atomic E-state index is -0.521. The Bertz CT molecular complexity index is 270. The van der Waals surface area contributed by atoms with E-state index in [1.165, 1.54) is 18.6 Å². The number of aliphatic hydroxyl groups excluding tert-OH is 1. The van der Waals surface area contributed by atoms with E-state index < -0.39 is 6.10 Å². The molecule has 4 heteroatoms. The van der Waals surface area contributed by atoms with Crippen molar-refractivity contribution in [2.24, 2.45) is 0 Å². The van der Waals surface area contributed by atoms with Gasteiger partial charge in [-0.2, -0.15) is 11.8 Å². The minimum absolute atomic E-state index is 0.521. The van der Waals surface area contributed by atoms with Crippen LogP contribution in [0.1, 0.15) is 24.7 Å². The van der Waals surface area contributed by atoms with E-state index in [2.05, 4.69) is 5.32 Å². The molecule has 15 heavy (non-hydrogen) atoms. The van der Waals surface area contributed by atoms with E-state index in [4.69, 9.17) is 4.42 Å². The molecule has 1 aliphatic heterocycles. The zero-order chi connectivity index (χ0) is 10.5. The van der Waals surface area contributed by atoms with Crippen molar-refractivity contribution in [3.05, 3.63) is 24.2 Å². The van der Waals surface area contributed by atoms with Gasteiger partial charge in [0.25, 0.3) is 0 Å². The normalized spacial score (nSPS) is 23.9. The third-order valence-corrected chi connectivity index (χ3v) is 3.85. The van der Waals surface area contributed by atoms with Crippen molar-refractivity contribution in [2.75, 3.05) is 18.1 Å². The van der Waals surface area contributed by atoms with E-state index in [0.29, 0.717) is 18.3 Å². The largest absolute Gasteiger partial charge is 0.467 e. The molecule has 0 spiro atoms. The van der Waals surface area contributed by atoms with Gasteiger partial charge in [0.05, 0.1) is 6.26 Å². The molecule has 2 atom stereocenters. The molecule has 1 fully saturated rings. The van der Waals surface area contributed by atoms with E-state index in [-0.39, 0.29) is 0 Å². The molecule has 0 bridgehead atoms. The van der Waals surface area contributed by atoms with Gasteiger partial charge < -0.3 is 14.8 Å². The second-order valence-electron chi connectivity index (χ2n) is 3.85. The first-order valence-corrected chi connectivity index (χ1v) is 6.54. The van der Waals surface area contributed by atoms with Gasteiger partial charge in [-0.05, 0) is 30.7 Å². The molecule has 1 aromatic heterocycles. The summed E-state index contributed by atoms with van der Waals surface area (Å²) in [5.74, 6) is 3.08. The Morgan fingerprint density at radius 3 is 3.27 bits per heavy atom. The van der Waals surface area contributed by atoms with E-state index in [9.17, 15) is 5.11 Å². The molecule has 0 aliphatic carbocycles. The average molecular weight is 227 g/mol. The maximum Gasteiger partial charge on any atom is 0.133 e. The monoisotopic (exact) mass is 227 g/mol. The van der Waals surface area contributed by atoms with Gasteiger partial charge >= 0.3 is 0 Å². The van der Waals surface area contributed by atoms with Crippen LogP contribution in [0.2, 0.25) is 0 Å². The first-order chi connectivity index (χ1) is 7.36. The molecule has 0 radical (unpaired) electrons. The molecule has 1 aliphatic rings. The molecule has 0 saturated carbocycles. The minimum Gasteiger partial charge on any atom is -0.467 e. The lowest BCUT2D eigenvalue weighted by Crippen LogP contribution is -2.36. The Labute approximate surface area is 94.2 Å². The van der Waals surface area contributed by atoms with Crippen LogP contribution in [0.25, 0.3) is 0 Å². The predicted octanol–water partition coefficient (Wildman–Crippen LogP) is 1.80. The van der Waals surface area contributed by atoms with Crippen molar-refractivity contribution in [3.63, 3.8) is 0 Å². The topological polar surface area (TPSA) is 45.4 Å². The Balaban J connectivity index is 1.73. The highest BCUT2D eigenvalue weighted by atomic mass is 32.2. The third-order valence-electron chi connectivity index (χ3n) is 2.63. The molecule has 84 valence electrons. The molecule has 2 N–H and O–H groups in total. The van der Waals surface area contributed by atoms with Gasteiger partial charge in [-0.3, -0.25) is 0 Å². The highest BCUT2D eigenvalue weighted by Crippen LogP contribution is 2.18.